The van der Waals surface area contributed by atoms with Gasteiger partial charge in [-0.3, -0.25) is 9.52 Å². The van der Waals surface area contributed by atoms with Crippen molar-refractivity contribution in [3.8, 4) is 11.5 Å². The molecule has 0 aromatic heterocycles. The molecule has 2 aromatic rings. The highest BCUT2D eigenvalue weighted by Gasteiger charge is 2.41. The summed E-state index contributed by atoms with van der Waals surface area (Å²) in [5, 5.41) is 2.75. The number of hydrogen-bond donors (Lipinski definition) is 2. The largest absolute Gasteiger partial charge is 0.573 e. The molecule has 0 saturated carbocycles. The maximum Gasteiger partial charge on any atom is 0.573 e. The van der Waals surface area contributed by atoms with Crippen LogP contribution in [0.15, 0.2) is 59.5 Å². The second-order valence-corrected chi connectivity index (χ2v) is 9.28. The summed E-state index contributed by atoms with van der Waals surface area (Å²) in [5.41, 5.74) is 0.200. The predicted octanol–water partition coefficient (Wildman–Crippen LogP) is 4.07. The standard InChI is InChI=1S/C22H21F3N2O6S/c1-2-31-19-11-13(26-21(28)17-12-15-7-8-18(17)32-15)6-9-20(19)34(29,30)27-14-4-3-5-16(10-14)33-22(23,24)25/h3-11,15,17-18,27H,2,12H2,1H3,(H,26,28). The summed E-state index contributed by atoms with van der Waals surface area (Å²) in [6.07, 6.45) is -0.936. The molecular weight excluding hydrogens is 477 g/mol. The molecule has 1 saturated heterocycles. The SMILES string of the molecule is CCOc1cc(NC(=O)C2CC3C=CC2O3)ccc1S(=O)(=O)Nc1cccc(OC(F)(F)F)c1. The van der Waals surface area contributed by atoms with E-state index in [0.717, 1.165) is 12.1 Å². The summed E-state index contributed by atoms with van der Waals surface area (Å²) in [6, 6.07) is 8.48. The number of carbonyl (C=O) groups excluding carboxylic acids is 1. The number of fused-ring (bicyclic) bond motifs is 2. The average Bonchev–Trinajstić information content (AvgIpc) is 3.36. The number of rotatable bonds is 8. The number of halogens is 3. The summed E-state index contributed by atoms with van der Waals surface area (Å²) in [4.78, 5) is 12.4. The van der Waals surface area contributed by atoms with E-state index < -0.39 is 22.1 Å². The first-order chi connectivity index (χ1) is 16.0. The lowest BCUT2D eigenvalue weighted by Crippen LogP contribution is -2.29. The molecule has 0 spiro atoms. The minimum absolute atomic E-state index is 0.0282. The van der Waals surface area contributed by atoms with Crippen molar-refractivity contribution in [2.75, 3.05) is 16.6 Å². The van der Waals surface area contributed by atoms with Gasteiger partial charge in [-0.15, -0.1) is 13.2 Å². The summed E-state index contributed by atoms with van der Waals surface area (Å²) in [5.74, 6) is -1.20. The molecule has 2 heterocycles. The Morgan fingerprint density at radius 3 is 2.59 bits per heavy atom. The van der Waals surface area contributed by atoms with Crippen LogP contribution in [0.25, 0.3) is 0 Å². The first-order valence-electron chi connectivity index (χ1n) is 10.3. The van der Waals surface area contributed by atoms with Crippen molar-refractivity contribution < 1.29 is 40.6 Å². The van der Waals surface area contributed by atoms with Crippen LogP contribution in [-0.2, 0) is 19.6 Å². The van der Waals surface area contributed by atoms with Gasteiger partial charge in [0.1, 0.15) is 16.4 Å². The zero-order valence-electron chi connectivity index (χ0n) is 17.8. The minimum Gasteiger partial charge on any atom is -0.492 e. The molecule has 2 aliphatic rings. The quantitative estimate of drug-likeness (QED) is 0.532. The maximum absolute atomic E-state index is 13.0. The molecule has 182 valence electrons. The van der Waals surface area contributed by atoms with E-state index in [0.29, 0.717) is 12.1 Å². The van der Waals surface area contributed by atoms with E-state index in [1.54, 1.807) is 6.92 Å². The Bertz CT molecular complexity index is 1220. The van der Waals surface area contributed by atoms with Crippen LogP contribution < -0.4 is 19.5 Å². The van der Waals surface area contributed by atoms with E-state index in [9.17, 15) is 26.4 Å². The maximum atomic E-state index is 13.0. The van der Waals surface area contributed by atoms with Gasteiger partial charge in [0.25, 0.3) is 10.0 Å². The average molecular weight is 498 g/mol. The van der Waals surface area contributed by atoms with Gasteiger partial charge in [-0.1, -0.05) is 18.2 Å². The lowest BCUT2D eigenvalue weighted by atomic mass is 9.93. The third kappa shape index (κ3) is 5.45. The highest BCUT2D eigenvalue weighted by Crippen LogP contribution is 2.35. The normalized spacial score (nSPS) is 21.4. The molecular formula is C22H21F3N2O6S. The third-order valence-corrected chi connectivity index (χ3v) is 6.61. The number of nitrogens with one attached hydrogen (secondary N) is 2. The lowest BCUT2D eigenvalue weighted by molar-refractivity contribution is -0.274. The molecule has 0 aliphatic carbocycles. The van der Waals surface area contributed by atoms with Crippen molar-refractivity contribution in [2.45, 2.75) is 36.8 Å². The van der Waals surface area contributed by atoms with Crippen LogP contribution in [0.1, 0.15) is 13.3 Å². The van der Waals surface area contributed by atoms with Gasteiger partial charge >= 0.3 is 6.36 Å². The molecule has 3 atom stereocenters. The van der Waals surface area contributed by atoms with Gasteiger partial charge in [0.2, 0.25) is 5.91 Å². The van der Waals surface area contributed by atoms with Crippen molar-refractivity contribution in [2.24, 2.45) is 5.92 Å². The van der Waals surface area contributed by atoms with Crippen LogP contribution in [0.4, 0.5) is 24.5 Å². The number of anilines is 2. The Hall–Kier alpha value is -3.25. The van der Waals surface area contributed by atoms with Gasteiger partial charge in [-0.2, -0.15) is 0 Å². The number of carbonyl (C=O) groups is 1. The van der Waals surface area contributed by atoms with Gasteiger partial charge in [-0.25, -0.2) is 8.42 Å². The second kappa shape index (κ2) is 9.18. The highest BCUT2D eigenvalue weighted by atomic mass is 32.2. The smallest absolute Gasteiger partial charge is 0.492 e. The van der Waals surface area contributed by atoms with Gasteiger partial charge in [-0.05, 0) is 37.6 Å². The molecule has 8 nitrogen and oxygen atoms in total. The van der Waals surface area contributed by atoms with Crippen LogP contribution in [0, 0.1) is 5.92 Å². The number of alkyl halides is 3. The molecule has 2 N–H and O–H groups in total. The molecule has 34 heavy (non-hydrogen) atoms. The van der Waals surface area contributed by atoms with E-state index in [1.807, 2.05) is 12.2 Å². The number of benzene rings is 2. The molecule has 3 unspecified atom stereocenters. The fraction of sp³-hybridized carbons (Fsp3) is 0.318. The summed E-state index contributed by atoms with van der Waals surface area (Å²) < 4.78 is 80.4. The van der Waals surface area contributed by atoms with Gasteiger partial charge < -0.3 is 19.5 Å². The molecule has 2 aliphatic heterocycles. The van der Waals surface area contributed by atoms with Gasteiger partial charge in [0.15, 0.2) is 0 Å². The third-order valence-electron chi connectivity index (χ3n) is 5.19. The Morgan fingerprint density at radius 1 is 1.15 bits per heavy atom. The van der Waals surface area contributed by atoms with Crippen molar-refractivity contribution >= 4 is 27.3 Å². The Labute approximate surface area is 193 Å². The van der Waals surface area contributed by atoms with Gasteiger partial charge in [0.05, 0.1) is 30.4 Å². The van der Waals surface area contributed by atoms with E-state index in [-0.39, 0.29) is 47.0 Å². The van der Waals surface area contributed by atoms with E-state index in [1.165, 1.54) is 30.3 Å². The van der Waals surface area contributed by atoms with Crippen LogP contribution in [0.2, 0.25) is 0 Å². The molecule has 4 rings (SSSR count). The van der Waals surface area contributed by atoms with E-state index >= 15 is 0 Å². The Balaban J connectivity index is 1.53. The van der Waals surface area contributed by atoms with Crippen LogP contribution >= 0.6 is 0 Å². The Kier molecular flexibility index (Phi) is 6.45. The van der Waals surface area contributed by atoms with E-state index in [4.69, 9.17) is 9.47 Å². The monoisotopic (exact) mass is 498 g/mol. The van der Waals surface area contributed by atoms with Crippen molar-refractivity contribution in [1.29, 1.82) is 0 Å². The van der Waals surface area contributed by atoms with Crippen molar-refractivity contribution in [3.63, 3.8) is 0 Å². The van der Waals surface area contributed by atoms with Crippen LogP contribution in [0.5, 0.6) is 11.5 Å². The zero-order valence-corrected chi connectivity index (χ0v) is 18.7. The minimum atomic E-state index is -4.92. The number of amides is 1. The Morgan fingerprint density at radius 2 is 1.94 bits per heavy atom. The van der Waals surface area contributed by atoms with Crippen molar-refractivity contribution in [3.05, 3.63) is 54.6 Å². The topological polar surface area (TPSA) is 103 Å². The van der Waals surface area contributed by atoms with Crippen LogP contribution in [-0.4, -0.2) is 39.5 Å². The first kappa shape index (κ1) is 23.9. The lowest BCUT2D eigenvalue weighted by Gasteiger charge is -2.17. The number of hydrogen-bond acceptors (Lipinski definition) is 6. The summed E-state index contributed by atoms with van der Waals surface area (Å²) in [6.45, 7) is 1.80. The molecule has 1 fully saturated rings. The highest BCUT2D eigenvalue weighted by molar-refractivity contribution is 7.92. The van der Waals surface area contributed by atoms with E-state index in [2.05, 4.69) is 14.8 Å². The second-order valence-electron chi connectivity index (χ2n) is 7.63. The summed E-state index contributed by atoms with van der Waals surface area (Å²) in [7, 11) is -4.25. The summed E-state index contributed by atoms with van der Waals surface area (Å²) >= 11 is 0. The molecule has 0 radical (unpaired) electrons. The number of ether oxygens (including phenoxy) is 3. The molecule has 2 bridgehead atoms. The molecule has 12 heteroatoms. The predicted molar refractivity (Wildman–Crippen MR) is 116 cm³/mol. The number of sulfonamides is 1. The first-order valence-corrected chi connectivity index (χ1v) is 11.8. The fourth-order valence-electron chi connectivity index (χ4n) is 3.81. The van der Waals surface area contributed by atoms with Crippen LogP contribution in [0.3, 0.4) is 0 Å². The van der Waals surface area contributed by atoms with Gasteiger partial charge in [0, 0.05) is 17.8 Å². The zero-order chi connectivity index (χ0) is 24.5. The fourth-order valence-corrected chi connectivity index (χ4v) is 4.98. The van der Waals surface area contributed by atoms with Crippen molar-refractivity contribution in [1.82, 2.24) is 0 Å². The molecule has 1 amide bonds. The molecule has 2 aromatic carbocycles.